The van der Waals surface area contributed by atoms with E-state index in [4.69, 9.17) is 9.47 Å². The predicted octanol–water partition coefficient (Wildman–Crippen LogP) is 4.45. The zero-order valence-electron chi connectivity index (χ0n) is 16.9. The van der Waals surface area contributed by atoms with Gasteiger partial charge in [0.05, 0.1) is 6.61 Å². The molecule has 0 radical (unpaired) electrons. The Labute approximate surface area is 194 Å². The second-order valence-corrected chi connectivity index (χ2v) is 7.84. The summed E-state index contributed by atoms with van der Waals surface area (Å²) in [5.74, 6) is 4.01. The van der Waals surface area contributed by atoms with Crippen LogP contribution in [0, 0.1) is 0 Å². The molecule has 0 amide bonds. The molecule has 6 nitrogen and oxygen atoms in total. The van der Waals surface area contributed by atoms with Crippen molar-refractivity contribution in [2.24, 2.45) is 4.99 Å². The van der Waals surface area contributed by atoms with Crippen molar-refractivity contribution >= 4 is 41.7 Å². The molecule has 3 rings (SSSR count). The lowest BCUT2D eigenvalue weighted by atomic mass is 10.2. The zero-order chi connectivity index (χ0) is 19.6. The summed E-state index contributed by atoms with van der Waals surface area (Å²) >= 11 is 2.04. The van der Waals surface area contributed by atoms with Crippen LogP contribution >= 0.6 is 35.7 Å². The summed E-state index contributed by atoms with van der Waals surface area (Å²) in [5.41, 5.74) is 1.06. The molecule has 2 N–H and O–H groups in total. The van der Waals surface area contributed by atoms with E-state index in [2.05, 4.69) is 20.6 Å². The highest BCUT2D eigenvalue weighted by Gasteiger charge is 2.15. The van der Waals surface area contributed by atoms with Crippen LogP contribution in [0.4, 0.5) is 0 Å². The molecule has 158 valence electrons. The molecule has 1 unspecified atom stereocenters. The van der Waals surface area contributed by atoms with Crippen LogP contribution in [0.25, 0.3) is 0 Å². The van der Waals surface area contributed by atoms with Crippen LogP contribution in [0.5, 0.6) is 17.4 Å². The number of nitrogens with one attached hydrogen (secondary N) is 2. The Morgan fingerprint density at radius 1 is 1.21 bits per heavy atom. The average molecular weight is 528 g/mol. The molecule has 29 heavy (non-hydrogen) atoms. The predicted molar refractivity (Wildman–Crippen MR) is 131 cm³/mol. The molecule has 1 aromatic carbocycles. The lowest BCUT2D eigenvalue weighted by Gasteiger charge is -2.15. The van der Waals surface area contributed by atoms with E-state index in [9.17, 15) is 0 Å². The van der Waals surface area contributed by atoms with E-state index < -0.39 is 0 Å². The van der Waals surface area contributed by atoms with Gasteiger partial charge in [-0.05, 0) is 43.2 Å². The number of nitrogens with zero attached hydrogens (tertiary/aromatic N) is 2. The maximum absolute atomic E-state index is 5.86. The maximum atomic E-state index is 5.86. The van der Waals surface area contributed by atoms with Crippen LogP contribution in [0.1, 0.15) is 25.3 Å². The third kappa shape index (κ3) is 7.58. The third-order valence-corrected chi connectivity index (χ3v) is 5.76. The van der Waals surface area contributed by atoms with Gasteiger partial charge in [0.2, 0.25) is 5.88 Å². The van der Waals surface area contributed by atoms with Crippen molar-refractivity contribution in [3.8, 4) is 17.4 Å². The molecule has 2 aromatic rings. The Bertz CT molecular complexity index is 768. The van der Waals surface area contributed by atoms with Crippen molar-refractivity contribution in [1.82, 2.24) is 15.6 Å². The summed E-state index contributed by atoms with van der Waals surface area (Å²) in [6, 6.07) is 11.5. The number of ether oxygens (including phenoxy) is 2. The molecular formula is C21H29IN4O2S. The summed E-state index contributed by atoms with van der Waals surface area (Å²) in [6.45, 7) is 4.15. The van der Waals surface area contributed by atoms with E-state index >= 15 is 0 Å². The number of para-hydroxylation sites is 2. The lowest BCUT2D eigenvalue weighted by Crippen LogP contribution is -2.39. The fourth-order valence-electron chi connectivity index (χ4n) is 2.92. The van der Waals surface area contributed by atoms with Gasteiger partial charge in [0, 0.05) is 37.7 Å². The van der Waals surface area contributed by atoms with Crippen molar-refractivity contribution in [1.29, 1.82) is 0 Å². The Kier molecular flexibility index (Phi) is 10.4. The Morgan fingerprint density at radius 2 is 2.03 bits per heavy atom. The summed E-state index contributed by atoms with van der Waals surface area (Å²) < 4.78 is 11.5. The van der Waals surface area contributed by atoms with Crippen molar-refractivity contribution in [2.45, 2.75) is 31.6 Å². The number of pyridine rings is 1. The first-order chi connectivity index (χ1) is 13.8. The smallest absolute Gasteiger partial charge is 0.219 e. The molecule has 0 aliphatic carbocycles. The summed E-state index contributed by atoms with van der Waals surface area (Å²) in [4.78, 5) is 8.70. The SMILES string of the molecule is CCOc1ccccc1Oc1ccc(CNC(=NC)NCC2CCCS2)cn1.I. The fourth-order valence-corrected chi connectivity index (χ4v) is 4.12. The van der Waals surface area contributed by atoms with E-state index in [-0.39, 0.29) is 24.0 Å². The van der Waals surface area contributed by atoms with Gasteiger partial charge >= 0.3 is 0 Å². The first-order valence-corrected chi connectivity index (χ1v) is 10.7. The van der Waals surface area contributed by atoms with E-state index in [0.29, 0.717) is 35.8 Å². The molecular weight excluding hydrogens is 499 g/mol. The van der Waals surface area contributed by atoms with Crippen LogP contribution < -0.4 is 20.1 Å². The van der Waals surface area contributed by atoms with Gasteiger partial charge in [0.1, 0.15) is 0 Å². The van der Waals surface area contributed by atoms with Gasteiger partial charge < -0.3 is 20.1 Å². The minimum Gasteiger partial charge on any atom is -0.490 e. The second kappa shape index (κ2) is 12.8. The first kappa shape index (κ1) is 23.6. The van der Waals surface area contributed by atoms with Gasteiger partial charge in [-0.1, -0.05) is 18.2 Å². The largest absolute Gasteiger partial charge is 0.490 e. The number of aliphatic imine (C=N–C) groups is 1. The molecule has 1 aliphatic rings. The van der Waals surface area contributed by atoms with Crippen molar-refractivity contribution in [3.63, 3.8) is 0 Å². The van der Waals surface area contributed by atoms with E-state index in [1.165, 1.54) is 18.6 Å². The highest BCUT2D eigenvalue weighted by Crippen LogP contribution is 2.30. The monoisotopic (exact) mass is 528 g/mol. The molecule has 0 saturated carbocycles. The van der Waals surface area contributed by atoms with Crippen LogP contribution in [0.2, 0.25) is 0 Å². The van der Waals surface area contributed by atoms with Gasteiger partial charge in [-0.3, -0.25) is 4.99 Å². The molecule has 0 spiro atoms. The number of thioether (sulfide) groups is 1. The number of rotatable bonds is 8. The number of benzene rings is 1. The Balaban J connectivity index is 0.00000300. The Morgan fingerprint density at radius 3 is 2.69 bits per heavy atom. The van der Waals surface area contributed by atoms with Crippen molar-refractivity contribution < 1.29 is 9.47 Å². The topological polar surface area (TPSA) is 67.8 Å². The van der Waals surface area contributed by atoms with Crippen LogP contribution in [0.15, 0.2) is 47.6 Å². The second-order valence-electron chi connectivity index (χ2n) is 6.43. The molecule has 1 aromatic heterocycles. The quantitative estimate of drug-likeness (QED) is 0.300. The molecule has 1 aliphatic heterocycles. The van der Waals surface area contributed by atoms with Gasteiger partial charge in [0.25, 0.3) is 0 Å². The summed E-state index contributed by atoms with van der Waals surface area (Å²) in [7, 11) is 1.79. The minimum atomic E-state index is 0. The normalized spacial score (nSPS) is 16.1. The highest BCUT2D eigenvalue weighted by molar-refractivity contribution is 14.0. The number of guanidine groups is 1. The van der Waals surface area contributed by atoms with Gasteiger partial charge in [-0.2, -0.15) is 11.8 Å². The number of halogens is 1. The summed E-state index contributed by atoms with van der Waals surface area (Å²) in [5, 5.41) is 7.43. The lowest BCUT2D eigenvalue weighted by molar-refractivity contribution is 0.319. The van der Waals surface area contributed by atoms with Crippen LogP contribution in [0.3, 0.4) is 0 Å². The molecule has 1 atom stereocenters. The van der Waals surface area contributed by atoms with E-state index in [0.717, 1.165) is 18.1 Å². The Hall–Kier alpha value is -1.68. The number of hydrogen-bond acceptors (Lipinski definition) is 5. The van der Waals surface area contributed by atoms with Crippen LogP contribution in [-0.2, 0) is 6.54 Å². The van der Waals surface area contributed by atoms with E-state index in [1.807, 2.05) is 61.3 Å². The first-order valence-electron chi connectivity index (χ1n) is 9.69. The summed E-state index contributed by atoms with van der Waals surface area (Å²) in [6.07, 6.45) is 4.41. The average Bonchev–Trinajstić information content (AvgIpc) is 3.25. The van der Waals surface area contributed by atoms with Gasteiger partial charge in [-0.15, -0.1) is 24.0 Å². The van der Waals surface area contributed by atoms with Crippen molar-refractivity contribution in [2.75, 3.05) is 26.0 Å². The molecule has 0 bridgehead atoms. The van der Waals surface area contributed by atoms with Crippen molar-refractivity contribution in [3.05, 3.63) is 48.2 Å². The molecule has 1 fully saturated rings. The standard InChI is InChI=1S/C21H28N4O2S.HI/c1-3-26-18-8-4-5-9-19(18)27-20-11-10-16(13-23-20)14-24-21(22-2)25-15-17-7-6-12-28-17;/h4-5,8-11,13,17H,3,6-7,12,14-15H2,1-2H3,(H2,22,24,25);1H. The number of aromatic nitrogens is 1. The van der Waals surface area contributed by atoms with Gasteiger partial charge in [-0.25, -0.2) is 4.98 Å². The number of hydrogen-bond donors (Lipinski definition) is 2. The third-order valence-electron chi connectivity index (χ3n) is 4.37. The zero-order valence-corrected chi connectivity index (χ0v) is 20.0. The molecule has 8 heteroatoms. The minimum absolute atomic E-state index is 0. The molecule has 2 heterocycles. The molecule has 1 saturated heterocycles. The fraction of sp³-hybridized carbons (Fsp3) is 0.429. The maximum Gasteiger partial charge on any atom is 0.219 e. The van der Waals surface area contributed by atoms with Gasteiger partial charge in [0.15, 0.2) is 17.5 Å². The highest BCUT2D eigenvalue weighted by atomic mass is 127. The van der Waals surface area contributed by atoms with E-state index in [1.54, 1.807) is 7.05 Å². The van der Waals surface area contributed by atoms with Crippen LogP contribution in [-0.4, -0.2) is 42.1 Å².